The molecule has 1 heterocycles. The summed E-state index contributed by atoms with van der Waals surface area (Å²) < 4.78 is 5.36. The number of carbonyl (C=O) groups excluding carboxylic acids is 1. The molecule has 1 aromatic carbocycles. The molecular weight excluding hydrogens is 262 g/mol. The Morgan fingerprint density at radius 2 is 2.29 bits per heavy atom. The number of rotatable bonds is 6. The van der Waals surface area contributed by atoms with Crippen molar-refractivity contribution in [1.82, 2.24) is 5.32 Å². The van der Waals surface area contributed by atoms with Crippen LogP contribution in [0.15, 0.2) is 18.2 Å². The minimum atomic E-state index is 0.317. The summed E-state index contributed by atoms with van der Waals surface area (Å²) in [5.74, 6) is 2.24. The van der Waals surface area contributed by atoms with E-state index in [0.29, 0.717) is 30.5 Å². The smallest absolute Gasteiger partial charge is 0.137 e. The van der Waals surface area contributed by atoms with Gasteiger partial charge in [0.15, 0.2) is 0 Å². The Labute approximate surface area is 128 Å². The van der Waals surface area contributed by atoms with Crippen molar-refractivity contribution in [3.8, 4) is 5.75 Å². The molecule has 0 saturated carbocycles. The normalized spacial score (nSPS) is 20.0. The van der Waals surface area contributed by atoms with Crippen LogP contribution in [0.25, 0.3) is 0 Å². The molecular formula is C18H27NO2. The number of ketones is 1. The van der Waals surface area contributed by atoms with Gasteiger partial charge in [-0.1, -0.05) is 24.6 Å². The lowest BCUT2D eigenvalue weighted by Gasteiger charge is -2.28. The van der Waals surface area contributed by atoms with Crippen LogP contribution in [0.2, 0.25) is 0 Å². The van der Waals surface area contributed by atoms with Crippen LogP contribution in [0.4, 0.5) is 0 Å². The first-order valence-corrected chi connectivity index (χ1v) is 7.96. The monoisotopic (exact) mass is 289 g/mol. The first kappa shape index (κ1) is 16.0. The van der Waals surface area contributed by atoms with Crippen LogP contribution < -0.4 is 10.1 Å². The fraction of sp³-hybridized carbons (Fsp3) is 0.611. The van der Waals surface area contributed by atoms with E-state index in [-0.39, 0.29) is 0 Å². The predicted molar refractivity (Wildman–Crippen MR) is 85.8 cm³/mol. The average molecular weight is 289 g/mol. The molecule has 2 unspecified atom stereocenters. The van der Waals surface area contributed by atoms with Gasteiger partial charge in [0.25, 0.3) is 0 Å². The number of carbonyl (C=O) groups is 1. The van der Waals surface area contributed by atoms with Crippen molar-refractivity contribution in [1.29, 1.82) is 0 Å². The highest BCUT2D eigenvalue weighted by molar-refractivity contribution is 5.81. The van der Waals surface area contributed by atoms with Gasteiger partial charge in [-0.3, -0.25) is 4.79 Å². The molecule has 1 aliphatic heterocycles. The molecule has 21 heavy (non-hydrogen) atoms. The number of nitrogens with one attached hydrogen (secondary N) is 1. The van der Waals surface area contributed by atoms with Gasteiger partial charge in [0.05, 0.1) is 7.11 Å². The van der Waals surface area contributed by atoms with Crippen LogP contribution in [0.5, 0.6) is 5.75 Å². The number of piperidine rings is 1. The van der Waals surface area contributed by atoms with Crippen molar-refractivity contribution in [3.63, 3.8) is 0 Å². The number of hydrogen-bond donors (Lipinski definition) is 1. The Hall–Kier alpha value is -1.35. The van der Waals surface area contributed by atoms with Gasteiger partial charge in [-0.05, 0) is 50.8 Å². The maximum Gasteiger partial charge on any atom is 0.137 e. The lowest BCUT2D eigenvalue weighted by Crippen LogP contribution is -2.34. The van der Waals surface area contributed by atoms with E-state index in [9.17, 15) is 4.79 Å². The van der Waals surface area contributed by atoms with Crippen molar-refractivity contribution in [2.75, 3.05) is 20.2 Å². The van der Waals surface area contributed by atoms with Crippen molar-refractivity contribution >= 4 is 5.78 Å². The molecule has 1 aliphatic rings. The second-order valence-electron chi connectivity index (χ2n) is 6.32. The molecule has 0 aromatic heterocycles. The summed E-state index contributed by atoms with van der Waals surface area (Å²) in [4.78, 5) is 12.4. The summed E-state index contributed by atoms with van der Waals surface area (Å²) in [6, 6.07) is 6.03. The maximum absolute atomic E-state index is 12.4. The van der Waals surface area contributed by atoms with Crippen LogP contribution in [0, 0.1) is 18.8 Å². The molecule has 3 nitrogen and oxygen atoms in total. The SMILES string of the molecule is COc1ccc(C)cc1CC(=O)CC(C)C1CCCNC1. The quantitative estimate of drug-likeness (QED) is 0.874. The lowest BCUT2D eigenvalue weighted by atomic mass is 9.83. The predicted octanol–water partition coefficient (Wildman–Crippen LogP) is 3.14. The summed E-state index contributed by atoms with van der Waals surface area (Å²) in [5, 5.41) is 3.43. The van der Waals surface area contributed by atoms with Crippen molar-refractivity contribution in [3.05, 3.63) is 29.3 Å². The zero-order valence-corrected chi connectivity index (χ0v) is 13.4. The van der Waals surface area contributed by atoms with Crippen molar-refractivity contribution < 1.29 is 9.53 Å². The van der Waals surface area contributed by atoms with E-state index < -0.39 is 0 Å². The Morgan fingerprint density at radius 1 is 1.48 bits per heavy atom. The van der Waals surface area contributed by atoms with Crippen LogP contribution in [0.1, 0.15) is 37.3 Å². The number of benzene rings is 1. The summed E-state index contributed by atoms with van der Waals surface area (Å²) in [5.41, 5.74) is 2.18. The van der Waals surface area contributed by atoms with E-state index >= 15 is 0 Å². The Morgan fingerprint density at radius 3 is 2.95 bits per heavy atom. The molecule has 116 valence electrons. The lowest BCUT2D eigenvalue weighted by molar-refractivity contribution is -0.119. The van der Waals surface area contributed by atoms with E-state index in [1.54, 1.807) is 7.11 Å². The first-order valence-electron chi connectivity index (χ1n) is 7.96. The Bertz CT molecular complexity index is 478. The van der Waals surface area contributed by atoms with Gasteiger partial charge < -0.3 is 10.1 Å². The second kappa shape index (κ2) is 7.60. The molecule has 0 radical (unpaired) electrons. The van der Waals surface area contributed by atoms with Gasteiger partial charge in [-0.2, -0.15) is 0 Å². The highest BCUT2D eigenvalue weighted by Crippen LogP contribution is 2.25. The third kappa shape index (κ3) is 4.57. The molecule has 1 N–H and O–H groups in total. The molecule has 0 aliphatic carbocycles. The molecule has 1 fully saturated rings. The van der Waals surface area contributed by atoms with E-state index in [1.807, 2.05) is 19.1 Å². The van der Waals surface area contributed by atoms with Gasteiger partial charge in [0.1, 0.15) is 11.5 Å². The summed E-state index contributed by atoms with van der Waals surface area (Å²) >= 11 is 0. The molecule has 1 aromatic rings. The highest BCUT2D eigenvalue weighted by Gasteiger charge is 2.22. The average Bonchev–Trinajstić information content (AvgIpc) is 2.48. The van der Waals surface area contributed by atoms with Gasteiger partial charge in [0, 0.05) is 18.4 Å². The largest absolute Gasteiger partial charge is 0.496 e. The maximum atomic E-state index is 12.4. The Kier molecular flexibility index (Phi) is 5.80. The number of aryl methyl sites for hydroxylation is 1. The third-order valence-electron chi connectivity index (χ3n) is 4.51. The molecule has 2 atom stereocenters. The standard InChI is InChI=1S/C18H27NO2/c1-13-6-7-18(21-3)16(9-13)11-17(20)10-14(2)15-5-4-8-19-12-15/h6-7,9,14-15,19H,4-5,8,10-12H2,1-3H3. The number of Topliss-reactive ketones (excluding diaryl/α,β-unsaturated/α-hetero) is 1. The van der Waals surface area contributed by atoms with E-state index in [0.717, 1.165) is 24.4 Å². The summed E-state index contributed by atoms with van der Waals surface area (Å²) in [7, 11) is 1.66. The number of methoxy groups -OCH3 is 1. The fourth-order valence-corrected chi connectivity index (χ4v) is 3.22. The van der Waals surface area contributed by atoms with Crippen LogP contribution in [-0.2, 0) is 11.2 Å². The third-order valence-corrected chi connectivity index (χ3v) is 4.51. The molecule has 1 saturated heterocycles. The van der Waals surface area contributed by atoms with Gasteiger partial charge in [0.2, 0.25) is 0 Å². The topological polar surface area (TPSA) is 38.3 Å². The van der Waals surface area contributed by atoms with Crippen molar-refractivity contribution in [2.24, 2.45) is 11.8 Å². The second-order valence-corrected chi connectivity index (χ2v) is 6.32. The van der Waals surface area contributed by atoms with Gasteiger partial charge in [-0.15, -0.1) is 0 Å². The van der Waals surface area contributed by atoms with Crippen LogP contribution in [0.3, 0.4) is 0 Å². The summed E-state index contributed by atoms with van der Waals surface area (Å²) in [6.45, 7) is 6.44. The minimum absolute atomic E-state index is 0.317. The Balaban J connectivity index is 1.93. The zero-order chi connectivity index (χ0) is 15.2. The molecule has 0 bridgehead atoms. The summed E-state index contributed by atoms with van der Waals surface area (Å²) in [6.07, 6.45) is 3.63. The van der Waals surface area contributed by atoms with Crippen LogP contribution >= 0.6 is 0 Å². The molecule has 2 rings (SSSR count). The van der Waals surface area contributed by atoms with Crippen LogP contribution in [-0.4, -0.2) is 26.0 Å². The first-order chi connectivity index (χ1) is 10.1. The molecule has 0 amide bonds. The van der Waals surface area contributed by atoms with Crippen molar-refractivity contribution in [2.45, 2.75) is 39.5 Å². The van der Waals surface area contributed by atoms with E-state index in [1.165, 1.54) is 18.4 Å². The van der Waals surface area contributed by atoms with E-state index in [4.69, 9.17) is 4.74 Å². The number of ether oxygens (including phenoxy) is 1. The minimum Gasteiger partial charge on any atom is -0.496 e. The highest BCUT2D eigenvalue weighted by atomic mass is 16.5. The zero-order valence-electron chi connectivity index (χ0n) is 13.4. The fourth-order valence-electron chi connectivity index (χ4n) is 3.22. The van der Waals surface area contributed by atoms with Gasteiger partial charge in [-0.25, -0.2) is 0 Å². The van der Waals surface area contributed by atoms with E-state index in [2.05, 4.69) is 18.3 Å². The molecule has 0 spiro atoms. The molecule has 3 heteroatoms. The van der Waals surface area contributed by atoms with Gasteiger partial charge >= 0.3 is 0 Å². The number of hydrogen-bond acceptors (Lipinski definition) is 3.